The number of aryl methyl sites for hydroxylation is 1. The molecule has 1 heterocycles. The number of likely N-dealkylation sites (tertiary alicyclic amines) is 1. The Morgan fingerprint density at radius 2 is 2.21 bits per heavy atom. The van der Waals surface area contributed by atoms with Gasteiger partial charge < -0.3 is 5.73 Å². The molecule has 19 heavy (non-hydrogen) atoms. The molecule has 0 spiro atoms. The first-order valence-corrected chi connectivity index (χ1v) is 7.39. The van der Waals surface area contributed by atoms with Gasteiger partial charge in [-0.05, 0) is 38.8 Å². The average molecular weight is 264 g/mol. The van der Waals surface area contributed by atoms with Crippen LogP contribution in [0.5, 0.6) is 0 Å². The highest BCUT2D eigenvalue weighted by Gasteiger charge is 2.29. The molecule has 1 saturated heterocycles. The van der Waals surface area contributed by atoms with Gasteiger partial charge in [0.15, 0.2) is 0 Å². The lowest BCUT2D eigenvalue weighted by molar-refractivity contribution is 0.0930. The number of rotatable bonds is 4. The molecule has 0 amide bonds. The summed E-state index contributed by atoms with van der Waals surface area (Å²) in [5, 5.41) is 0. The Hall–Kier alpha value is -0.930. The SMILES string of the molecule is CCC1CCCCN1C(CN)c1cc(C)ccc1F. The molecule has 1 fully saturated rings. The number of nitrogens with two attached hydrogens (primary N) is 1. The predicted octanol–water partition coefficient (Wildman–Crippen LogP) is 3.40. The van der Waals surface area contributed by atoms with Crippen molar-refractivity contribution in [1.82, 2.24) is 4.90 Å². The largest absolute Gasteiger partial charge is 0.329 e. The van der Waals surface area contributed by atoms with Gasteiger partial charge in [0.1, 0.15) is 5.82 Å². The molecule has 2 unspecified atom stereocenters. The molecule has 2 N–H and O–H groups in total. The number of hydrogen-bond donors (Lipinski definition) is 1. The highest BCUT2D eigenvalue weighted by atomic mass is 19.1. The minimum absolute atomic E-state index is 0.0187. The van der Waals surface area contributed by atoms with Crippen LogP contribution in [0.25, 0.3) is 0 Å². The third kappa shape index (κ3) is 3.15. The van der Waals surface area contributed by atoms with Gasteiger partial charge in [0.05, 0.1) is 6.04 Å². The van der Waals surface area contributed by atoms with E-state index in [-0.39, 0.29) is 11.9 Å². The maximum atomic E-state index is 14.1. The summed E-state index contributed by atoms with van der Waals surface area (Å²) in [6.07, 6.45) is 4.80. The zero-order chi connectivity index (χ0) is 13.8. The standard InChI is InChI=1S/C16H25FN2/c1-3-13-6-4-5-9-19(13)16(11-18)14-10-12(2)7-8-15(14)17/h7-8,10,13,16H,3-6,9,11,18H2,1-2H3. The van der Waals surface area contributed by atoms with Crippen molar-refractivity contribution in [2.75, 3.05) is 13.1 Å². The molecule has 1 aliphatic rings. The van der Waals surface area contributed by atoms with Crippen LogP contribution in [0.2, 0.25) is 0 Å². The minimum Gasteiger partial charge on any atom is -0.329 e. The fourth-order valence-electron chi connectivity index (χ4n) is 3.23. The number of piperidine rings is 1. The van der Waals surface area contributed by atoms with E-state index in [1.54, 1.807) is 6.07 Å². The van der Waals surface area contributed by atoms with Crippen LogP contribution >= 0.6 is 0 Å². The molecule has 0 aromatic heterocycles. The summed E-state index contributed by atoms with van der Waals surface area (Å²) in [6, 6.07) is 5.90. The van der Waals surface area contributed by atoms with Crippen LogP contribution in [0, 0.1) is 12.7 Å². The van der Waals surface area contributed by atoms with Gasteiger partial charge in [0, 0.05) is 18.2 Å². The summed E-state index contributed by atoms with van der Waals surface area (Å²) in [6.45, 7) is 5.73. The van der Waals surface area contributed by atoms with Gasteiger partial charge in [-0.25, -0.2) is 4.39 Å². The predicted molar refractivity (Wildman–Crippen MR) is 77.6 cm³/mol. The Balaban J connectivity index is 2.29. The third-order valence-corrected chi connectivity index (χ3v) is 4.28. The van der Waals surface area contributed by atoms with Gasteiger partial charge in [-0.15, -0.1) is 0 Å². The Labute approximate surface area is 115 Å². The number of benzene rings is 1. The van der Waals surface area contributed by atoms with Crippen LogP contribution in [0.4, 0.5) is 4.39 Å². The van der Waals surface area contributed by atoms with Crippen LogP contribution in [-0.4, -0.2) is 24.0 Å². The molecule has 0 radical (unpaired) electrons. The molecule has 0 saturated carbocycles. The molecule has 2 atom stereocenters. The Kier molecular flexibility index (Phi) is 4.94. The second-order valence-electron chi connectivity index (χ2n) is 5.57. The van der Waals surface area contributed by atoms with Crippen molar-refractivity contribution in [3.63, 3.8) is 0 Å². The van der Waals surface area contributed by atoms with Crippen molar-refractivity contribution in [2.45, 2.75) is 51.6 Å². The van der Waals surface area contributed by atoms with E-state index >= 15 is 0 Å². The topological polar surface area (TPSA) is 29.3 Å². The summed E-state index contributed by atoms with van der Waals surface area (Å²) >= 11 is 0. The second-order valence-corrected chi connectivity index (χ2v) is 5.57. The summed E-state index contributed by atoms with van der Waals surface area (Å²) in [5.74, 6) is -0.124. The van der Waals surface area contributed by atoms with Gasteiger partial charge in [0.25, 0.3) is 0 Å². The fourth-order valence-corrected chi connectivity index (χ4v) is 3.23. The van der Waals surface area contributed by atoms with E-state index in [1.807, 2.05) is 19.1 Å². The molecule has 0 bridgehead atoms. The first-order valence-electron chi connectivity index (χ1n) is 7.39. The van der Waals surface area contributed by atoms with E-state index < -0.39 is 0 Å². The van der Waals surface area contributed by atoms with E-state index in [0.717, 1.165) is 24.1 Å². The molecule has 0 aliphatic carbocycles. The monoisotopic (exact) mass is 264 g/mol. The Bertz CT molecular complexity index is 419. The highest BCUT2D eigenvalue weighted by molar-refractivity contribution is 5.27. The summed E-state index contributed by atoms with van der Waals surface area (Å²) in [7, 11) is 0. The maximum absolute atomic E-state index is 14.1. The van der Waals surface area contributed by atoms with Gasteiger partial charge in [-0.3, -0.25) is 4.90 Å². The quantitative estimate of drug-likeness (QED) is 0.903. The lowest BCUT2D eigenvalue weighted by atomic mass is 9.94. The smallest absolute Gasteiger partial charge is 0.128 e. The molecule has 2 nitrogen and oxygen atoms in total. The number of halogens is 1. The summed E-state index contributed by atoms with van der Waals surface area (Å²) < 4.78 is 14.1. The molecular weight excluding hydrogens is 239 g/mol. The van der Waals surface area contributed by atoms with E-state index in [9.17, 15) is 4.39 Å². The fraction of sp³-hybridized carbons (Fsp3) is 0.625. The molecule has 2 rings (SSSR count). The van der Waals surface area contributed by atoms with Crippen molar-refractivity contribution in [3.05, 3.63) is 35.1 Å². The molecule has 3 heteroatoms. The normalized spacial score (nSPS) is 22.4. The first-order chi connectivity index (χ1) is 9.17. The maximum Gasteiger partial charge on any atom is 0.128 e. The first kappa shape index (κ1) is 14.5. The average Bonchev–Trinajstić information content (AvgIpc) is 2.44. The molecule has 1 aromatic carbocycles. The molecule has 1 aromatic rings. The summed E-state index contributed by atoms with van der Waals surface area (Å²) in [5.41, 5.74) is 7.83. The van der Waals surface area contributed by atoms with Crippen molar-refractivity contribution in [2.24, 2.45) is 5.73 Å². The van der Waals surface area contributed by atoms with Crippen molar-refractivity contribution in [1.29, 1.82) is 0 Å². The van der Waals surface area contributed by atoms with Gasteiger partial charge >= 0.3 is 0 Å². The van der Waals surface area contributed by atoms with Crippen LogP contribution in [0.1, 0.15) is 49.8 Å². The van der Waals surface area contributed by atoms with Crippen LogP contribution in [-0.2, 0) is 0 Å². The van der Waals surface area contributed by atoms with E-state index in [0.29, 0.717) is 12.6 Å². The second kappa shape index (κ2) is 6.49. The van der Waals surface area contributed by atoms with Gasteiger partial charge in [0.2, 0.25) is 0 Å². The van der Waals surface area contributed by atoms with Crippen LogP contribution < -0.4 is 5.73 Å². The minimum atomic E-state index is -0.124. The Morgan fingerprint density at radius 1 is 1.42 bits per heavy atom. The molecule has 1 aliphatic heterocycles. The summed E-state index contributed by atoms with van der Waals surface area (Å²) in [4.78, 5) is 2.42. The molecule has 106 valence electrons. The lowest BCUT2D eigenvalue weighted by Gasteiger charge is -2.41. The van der Waals surface area contributed by atoms with Crippen molar-refractivity contribution >= 4 is 0 Å². The van der Waals surface area contributed by atoms with E-state index in [2.05, 4.69) is 11.8 Å². The zero-order valence-electron chi connectivity index (χ0n) is 12.0. The van der Waals surface area contributed by atoms with Crippen LogP contribution in [0.3, 0.4) is 0 Å². The lowest BCUT2D eigenvalue weighted by Crippen LogP contribution is -2.44. The Morgan fingerprint density at radius 3 is 2.89 bits per heavy atom. The number of hydrogen-bond acceptors (Lipinski definition) is 2. The molecular formula is C16H25FN2. The van der Waals surface area contributed by atoms with Crippen molar-refractivity contribution in [3.8, 4) is 0 Å². The van der Waals surface area contributed by atoms with Crippen molar-refractivity contribution < 1.29 is 4.39 Å². The van der Waals surface area contributed by atoms with Gasteiger partial charge in [-0.1, -0.05) is 31.0 Å². The zero-order valence-corrected chi connectivity index (χ0v) is 12.0. The van der Waals surface area contributed by atoms with Gasteiger partial charge in [-0.2, -0.15) is 0 Å². The highest BCUT2D eigenvalue weighted by Crippen LogP contribution is 2.31. The van der Waals surface area contributed by atoms with E-state index in [1.165, 1.54) is 19.3 Å². The van der Waals surface area contributed by atoms with Crippen LogP contribution in [0.15, 0.2) is 18.2 Å². The number of nitrogens with zero attached hydrogens (tertiary/aromatic N) is 1. The van der Waals surface area contributed by atoms with E-state index in [4.69, 9.17) is 5.73 Å². The third-order valence-electron chi connectivity index (χ3n) is 4.28.